The van der Waals surface area contributed by atoms with Crippen molar-refractivity contribution in [1.82, 2.24) is 5.32 Å². The third-order valence-electron chi connectivity index (χ3n) is 3.89. The monoisotopic (exact) mass is 281 g/mol. The Kier molecular flexibility index (Phi) is 5.13. The molecule has 4 heteroatoms. The Morgan fingerprint density at radius 3 is 2.79 bits per heavy atom. The van der Waals surface area contributed by atoms with Crippen LogP contribution in [0.3, 0.4) is 0 Å². The van der Waals surface area contributed by atoms with Gasteiger partial charge in [-0.25, -0.2) is 0 Å². The summed E-state index contributed by atoms with van der Waals surface area (Å²) >= 11 is 0. The molecule has 3 nitrogen and oxygen atoms in total. The molecule has 19 heavy (non-hydrogen) atoms. The van der Waals surface area contributed by atoms with E-state index < -0.39 is 10.8 Å². The zero-order valence-corrected chi connectivity index (χ0v) is 12.7. The van der Waals surface area contributed by atoms with Crippen LogP contribution in [0.1, 0.15) is 30.5 Å². The zero-order chi connectivity index (χ0) is 13.8. The quantitative estimate of drug-likeness (QED) is 0.899. The fourth-order valence-corrected chi connectivity index (χ4v) is 4.44. The lowest BCUT2D eigenvalue weighted by atomic mass is 10.0. The van der Waals surface area contributed by atoms with Gasteiger partial charge in [0, 0.05) is 29.2 Å². The molecule has 0 spiro atoms. The van der Waals surface area contributed by atoms with Gasteiger partial charge in [0.1, 0.15) is 0 Å². The van der Waals surface area contributed by atoms with Crippen LogP contribution in [-0.4, -0.2) is 35.0 Å². The summed E-state index contributed by atoms with van der Waals surface area (Å²) in [5.74, 6) is 0.652. The summed E-state index contributed by atoms with van der Waals surface area (Å²) in [6.07, 6.45) is 1.04. The average molecular weight is 281 g/mol. The topological polar surface area (TPSA) is 38.3 Å². The van der Waals surface area contributed by atoms with Crippen LogP contribution in [0.5, 0.6) is 0 Å². The van der Waals surface area contributed by atoms with Crippen LogP contribution in [0, 0.1) is 6.92 Å². The second-order valence-corrected chi connectivity index (χ2v) is 6.85. The average Bonchev–Trinajstić information content (AvgIpc) is 2.83. The molecule has 0 aromatic heterocycles. The first-order chi connectivity index (χ1) is 9.13. The standard InChI is InChI=1S/C15H23NO2S/c1-11-6-4-5-7-13(11)14(16-3)10-19(17)15-8-9-18-12(15)2/h4-7,12,14-16H,8-10H2,1-3H3. The Labute approximate surface area is 118 Å². The summed E-state index contributed by atoms with van der Waals surface area (Å²) in [5.41, 5.74) is 2.49. The highest BCUT2D eigenvalue weighted by Gasteiger charge is 2.31. The fourth-order valence-electron chi connectivity index (χ4n) is 2.65. The van der Waals surface area contributed by atoms with Crippen molar-refractivity contribution in [1.29, 1.82) is 0 Å². The lowest BCUT2D eigenvalue weighted by Gasteiger charge is -2.21. The minimum Gasteiger partial charge on any atom is -0.377 e. The van der Waals surface area contributed by atoms with Crippen LogP contribution in [0.25, 0.3) is 0 Å². The Hall–Kier alpha value is -0.710. The van der Waals surface area contributed by atoms with Gasteiger partial charge in [0.05, 0.1) is 11.4 Å². The smallest absolute Gasteiger partial charge is 0.0691 e. The second kappa shape index (κ2) is 6.64. The van der Waals surface area contributed by atoms with Gasteiger partial charge in [0.2, 0.25) is 0 Å². The molecule has 1 aliphatic rings. The lowest BCUT2D eigenvalue weighted by Crippen LogP contribution is -2.31. The molecule has 1 saturated heterocycles. The molecule has 1 heterocycles. The largest absolute Gasteiger partial charge is 0.377 e. The number of nitrogens with one attached hydrogen (secondary N) is 1. The number of hydrogen-bond donors (Lipinski definition) is 1. The third kappa shape index (κ3) is 3.44. The summed E-state index contributed by atoms with van der Waals surface area (Å²) in [7, 11) is 1.08. The Morgan fingerprint density at radius 1 is 1.47 bits per heavy atom. The molecule has 0 bridgehead atoms. The normalized spacial score (nSPS) is 26.3. The van der Waals surface area contributed by atoms with E-state index in [0.29, 0.717) is 5.75 Å². The molecule has 0 aliphatic carbocycles. The third-order valence-corrected chi connectivity index (χ3v) is 5.84. The molecular formula is C15H23NO2S. The second-order valence-electron chi connectivity index (χ2n) is 5.15. The Morgan fingerprint density at radius 2 is 2.21 bits per heavy atom. The van der Waals surface area contributed by atoms with Gasteiger partial charge in [-0.15, -0.1) is 0 Å². The number of hydrogen-bond acceptors (Lipinski definition) is 3. The molecule has 1 N–H and O–H groups in total. The molecule has 1 fully saturated rings. The number of benzene rings is 1. The van der Waals surface area contributed by atoms with Gasteiger partial charge < -0.3 is 10.1 Å². The first-order valence-corrected chi connectivity index (χ1v) is 8.23. The van der Waals surface area contributed by atoms with E-state index in [2.05, 4.69) is 24.4 Å². The van der Waals surface area contributed by atoms with E-state index in [-0.39, 0.29) is 17.4 Å². The highest BCUT2D eigenvalue weighted by atomic mass is 32.2. The minimum atomic E-state index is -0.852. The van der Waals surface area contributed by atoms with E-state index >= 15 is 0 Å². The van der Waals surface area contributed by atoms with E-state index in [0.717, 1.165) is 13.0 Å². The summed E-state index contributed by atoms with van der Waals surface area (Å²) in [6.45, 7) is 4.87. The van der Waals surface area contributed by atoms with Gasteiger partial charge in [0.25, 0.3) is 0 Å². The summed E-state index contributed by atoms with van der Waals surface area (Å²) < 4.78 is 18.0. The molecule has 1 aromatic carbocycles. The number of ether oxygens (including phenoxy) is 1. The minimum absolute atomic E-state index is 0.121. The Bertz CT molecular complexity index is 450. The SMILES string of the molecule is CNC(CS(=O)C1CCOC1C)c1ccccc1C. The molecule has 2 rings (SSSR count). The molecule has 4 atom stereocenters. The van der Waals surface area contributed by atoms with E-state index in [1.807, 2.05) is 26.1 Å². The van der Waals surface area contributed by atoms with E-state index in [1.165, 1.54) is 11.1 Å². The van der Waals surface area contributed by atoms with E-state index in [1.54, 1.807) is 0 Å². The first kappa shape index (κ1) is 14.7. The van der Waals surface area contributed by atoms with Crippen molar-refractivity contribution < 1.29 is 8.95 Å². The van der Waals surface area contributed by atoms with Crippen molar-refractivity contribution >= 4 is 10.8 Å². The van der Waals surface area contributed by atoms with Crippen LogP contribution < -0.4 is 5.32 Å². The van der Waals surface area contributed by atoms with Crippen molar-refractivity contribution in [3.63, 3.8) is 0 Å². The van der Waals surface area contributed by atoms with Crippen molar-refractivity contribution in [2.24, 2.45) is 0 Å². The van der Waals surface area contributed by atoms with Gasteiger partial charge in [-0.1, -0.05) is 24.3 Å². The Balaban J connectivity index is 2.07. The zero-order valence-electron chi connectivity index (χ0n) is 11.9. The highest BCUT2D eigenvalue weighted by molar-refractivity contribution is 7.85. The summed E-state index contributed by atoms with van der Waals surface area (Å²) in [4.78, 5) is 0. The predicted octanol–water partition coefficient (Wildman–Crippen LogP) is 2.18. The molecule has 1 aliphatic heterocycles. The van der Waals surface area contributed by atoms with Crippen molar-refractivity contribution in [3.8, 4) is 0 Å². The fraction of sp³-hybridized carbons (Fsp3) is 0.600. The van der Waals surface area contributed by atoms with Crippen LogP contribution in [0.2, 0.25) is 0 Å². The van der Waals surface area contributed by atoms with Crippen molar-refractivity contribution in [3.05, 3.63) is 35.4 Å². The predicted molar refractivity (Wildman–Crippen MR) is 79.8 cm³/mol. The number of aryl methyl sites for hydroxylation is 1. The maximum atomic E-state index is 12.5. The van der Waals surface area contributed by atoms with Gasteiger partial charge in [-0.2, -0.15) is 0 Å². The first-order valence-electron chi connectivity index (χ1n) is 6.85. The van der Waals surface area contributed by atoms with Crippen LogP contribution >= 0.6 is 0 Å². The summed E-state index contributed by atoms with van der Waals surface area (Å²) in [6, 6.07) is 8.44. The van der Waals surface area contributed by atoms with Crippen LogP contribution in [0.4, 0.5) is 0 Å². The van der Waals surface area contributed by atoms with Crippen LogP contribution in [0.15, 0.2) is 24.3 Å². The molecule has 0 amide bonds. The van der Waals surface area contributed by atoms with Gasteiger partial charge in [-0.05, 0) is 38.4 Å². The molecule has 4 unspecified atom stereocenters. The maximum absolute atomic E-state index is 12.5. The molecule has 106 valence electrons. The molecule has 0 saturated carbocycles. The maximum Gasteiger partial charge on any atom is 0.0691 e. The molecular weight excluding hydrogens is 258 g/mol. The van der Waals surface area contributed by atoms with Gasteiger partial charge in [0.15, 0.2) is 0 Å². The highest BCUT2D eigenvalue weighted by Crippen LogP contribution is 2.23. The molecule has 1 aromatic rings. The van der Waals surface area contributed by atoms with Crippen molar-refractivity contribution in [2.45, 2.75) is 37.7 Å². The van der Waals surface area contributed by atoms with Gasteiger partial charge in [-0.3, -0.25) is 4.21 Å². The van der Waals surface area contributed by atoms with Crippen LogP contribution in [-0.2, 0) is 15.5 Å². The van der Waals surface area contributed by atoms with Crippen molar-refractivity contribution in [2.75, 3.05) is 19.4 Å². The summed E-state index contributed by atoms with van der Waals surface area (Å²) in [5, 5.41) is 3.47. The number of rotatable bonds is 5. The molecule has 0 radical (unpaired) electrons. The van der Waals surface area contributed by atoms with E-state index in [4.69, 9.17) is 4.74 Å². The van der Waals surface area contributed by atoms with E-state index in [9.17, 15) is 4.21 Å². The lowest BCUT2D eigenvalue weighted by molar-refractivity contribution is 0.127. The van der Waals surface area contributed by atoms with Gasteiger partial charge >= 0.3 is 0 Å².